The van der Waals surface area contributed by atoms with Gasteiger partial charge in [0.05, 0.1) is 0 Å². The smallest absolute Gasteiger partial charge is 0.123 e. The molecule has 0 N–H and O–H groups in total. The van der Waals surface area contributed by atoms with Crippen LogP contribution in [0.25, 0.3) is 0 Å². The zero-order valence-electron chi connectivity index (χ0n) is 8.23. The highest BCUT2D eigenvalue weighted by Gasteiger charge is 2.26. The molecule has 0 saturated heterocycles. The molecular formula is C12H15F. The SMILES string of the molecule is CC1(C)CCCc2cc(F)ccc21. The highest BCUT2D eigenvalue weighted by atomic mass is 19.1. The lowest BCUT2D eigenvalue weighted by Gasteiger charge is -2.32. The minimum atomic E-state index is -0.101. The zero-order valence-corrected chi connectivity index (χ0v) is 8.23. The first-order chi connectivity index (χ1) is 6.09. The number of benzene rings is 1. The van der Waals surface area contributed by atoms with Gasteiger partial charge in [0.15, 0.2) is 0 Å². The Morgan fingerprint density at radius 3 is 2.85 bits per heavy atom. The van der Waals surface area contributed by atoms with Crippen LogP contribution in [0.1, 0.15) is 37.8 Å². The molecule has 0 spiro atoms. The van der Waals surface area contributed by atoms with Crippen LogP contribution in [0.3, 0.4) is 0 Å². The average Bonchev–Trinajstić information content (AvgIpc) is 2.02. The van der Waals surface area contributed by atoms with Crippen molar-refractivity contribution in [3.05, 3.63) is 35.1 Å². The summed E-state index contributed by atoms with van der Waals surface area (Å²) in [5.41, 5.74) is 2.78. The molecule has 1 aromatic carbocycles. The van der Waals surface area contributed by atoms with Gasteiger partial charge in [0.2, 0.25) is 0 Å². The molecule has 1 aromatic rings. The lowest BCUT2D eigenvalue weighted by Crippen LogP contribution is -2.23. The molecule has 1 heteroatoms. The standard InChI is InChI=1S/C12H15F/c1-12(2)7-3-4-9-8-10(13)5-6-11(9)12/h5-6,8H,3-4,7H2,1-2H3. The van der Waals surface area contributed by atoms with Crippen molar-refractivity contribution in [1.82, 2.24) is 0 Å². The van der Waals surface area contributed by atoms with Crippen molar-refractivity contribution >= 4 is 0 Å². The predicted molar refractivity (Wildman–Crippen MR) is 52.4 cm³/mol. The van der Waals surface area contributed by atoms with E-state index >= 15 is 0 Å². The Balaban J connectivity index is 2.53. The van der Waals surface area contributed by atoms with Gasteiger partial charge in [0.25, 0.3) is 0 Å². The Labute approximate surface area is 78.8 Å². The number of aryl methyl sites for hydroxylation is 1. The van der Waals surface area contributed by atoms with Crippen LogP contribution in [0.4, 0.5) is 4.39 Å². The van der Waals surface area contributed by atoms with Gasteiger partial charge >= 0.3 is 0 Å². The van der Waals surface area contributed by atoms with E-state index in [0.29, 0.717) is 0 Å². The normalized spacial score (nSPS) is 19.6. The van der Waals surface area contributed by atoms with Crippen molar-refractivity contribution in [3.8, 4) is 0 Å². The summed E-state index contributed by atoms with van der Waals surface area (Å²) in [4.78, 5) is 0. The summed E-state index contributed by atoms with van der Waals surface area (Å²) in [6, 6.07) is 5.21. The van der Waals surface area contributed by atoms with Crippen LogP contribution >= 0.6 is 0 Å². The minimum Gasteiger partial charge on any atom is -0.207 e. The number of hydrogen-bond donors (Lipinski definition) is 0. The maximum atomic E-state index is 12.9. The molecule has 0 unspecified atom stereocenters. The second-order valence-corrected chi connectivity index (χ2v) is 4.54. The summed E-state index contributed by atoms with van der Waals surface area (Å²) >= 11 is 0. The molecular weight excluding hydrogens is 163 g/mol. The second kappa shape index (κ2) is 2.83. The summed E-state index contributed by atoms with van der Waals surface area (Å²) in [6.45, 7) is 4.48. The van der Waals surface area contributed by atoms with E-state index in [4.69, 9.17) is 0 Å². The molecule has 0 bridgehead atoms. The van der Waals surface area contributed by atoms with Gasteiger partial charge in [-0.05, 0) is 47.9 Å². The van der Waals surface area contributed by atoms with Crippen LogP contribution in [0.5, 0.6) is 0 Å². The zero-order chi connectivity index (χ0) is 9.47. The molecule has 0 saturated carbocycles. The van der Waals surface area contributed by atoms with Crippen molar-refractivity contribution in [1.29, 1.82) is 0 Å². The first-order valence-electron chi connectivity index (χ1n) is 4.88. The van der Waals surface area contributed by atoms with Gasteiger partial charge in [-0.3, -0.25) is 0 Å². The Bertz CT molecular complexity index is 326. The quantitative estimate of drug-likeness (QED) is 0.571. The van der Waals surface area contributed by atoms with Crippen LogP contribution in [-0.4, -0.2) is 0 Å². The fourth-order valence-electron chi connectivity index (χ4n) is 2.28. The van der Waals surface area contributed by atoms with E-state index in [0.717, 1.165) is 6.42 Å². The maximum Gasteiger partial charge on any atom is 0.123 e. The molecule has 0 atom stereocenters. The van der Waals surface area contributed by atoms with Gasteiger partial charge in [-0.25, -0.2) is 4.39 Å². The summed E-state index contributed by atoms with van der Waals surface area (Å²) in [5.74, 6) is -0.101. The second-order valence-electron chi connectivity index (χ2n) is 4.54. The fraction of sp³-hybridized carbons (Fsp3) is 0.500. The first-order valence-corrected chi connectivity index (χ1v) is 4.88. The molecule has 0 aliphatic heterocycles. The van der Waals surface area contributed by atoms with Crippen LogP contribution in [0.2, 0.25) is 0 Å². The van der Waals surface area contributed by atoms with Crippen molar-refractivity contribution < 1.29 is 4.39 Å². The number of halogens is 1. The van der Waals surface area contributed by atoms with Crippen molar-refractivity contribution in [2.24, 2.45) is 0 Å². The lowest BCUT2D eigenvalue weighted by molar-refractivity contribution is 0.430. The Hall–Kier alpha value is -0.850. The average molecular weight is 178 g/mol. The maximum absolute atomic E-state index is 12.9. The monoisotopic (exact) mass is 178 g/mol. The van der Waals surface area contributed by atoms with Crippen LogP contribution < -0.4 is 0 Å². The number of fused-ring (bicyclic) bond motifs is 1. The van der Waals surface area contributed by atoms with Crippen molar-refractivity contribution in [2.75, 3.05) is 0 Å². The van der Waals surface area contributed by atoms with Crippen LogP contribution in [-0.2, 0) is 11.8 Å². The Kier molecular flexibility index (Phi) is 1.90. The summed E-state index contributed by atoms with van der Waals surface area (Å²) in [6.07, 6.45) is 3.44. The molecule has 0 fully saturated rings. The molecule has 2 rings (SSSR count). The topological polar surface area (TPSA) is 0 Å². The molecule has 1 aliphatic carbocycles. The fourth-order valence-corrected chi connectivity index (χ4v) is 2.28. The highest BCUT2D eigenvalue weighted by molar-refractivity contribution is 5.35. The van der Waals surface area contributed by atoms with Crippen LogP contribution in [0, 0.1) is 5.82 Å². The molecule has 70 valence electrons. The molecule has 0 aromatic heterocycles. The van der Waals surface area contributed by atoms with Crippen LogP contribution in [0.15, 0.2) is 18.2 Å². The molecule has 0 radical (unpaired) electrons. The first kappa shape index (κ1) is 8.74. The number of hydrogen-bond acceptors (Lipinski definition) is 0. The van der Waals surface area contributed by atoms with E-state index in [2.05, 4.69) is 13.8 Å². The van der Waals surface area contributed by atoms with E-state index in [-0.39, 0.29) is 11.2 Å². The third-order valence-electron chi connectivity index (χ3n) is 3.04. The van der Waals surface area contributed by atoms with E-state index in [1.165, 1.54) is 24.0 Å². The van der Waals surface area contributed by atoms with Gasteiger partial charge < -0.3 is 0 Å². The lowest BCUT2D eigenvalue weighted by atomic mass is 9.73. The third kappa shape index (κ3) is 1.48. The van der Waals surface area contributed by atoms with E-state index < -0.39 is 0 Å². The Morgan fingerprint density at radius 2 is 2.08 bits per heavy atom. The molecule has 13 heavy (non-hydrogen) atoms. The van der Waals surface area contributed by atoms with Gasteiger partial charge in [-0.2, -0.15) is 0 Å². The van der Waals surface area contributed by atoms with E-state index in [1.807, 2.05) is 6.07 Å². The van der Waals surface area contributed by atoms with Gasteiger partial charge in [-0.1, -0.05) is 19.9 Å². The summed E-state index contributed by atoms with van der Waals surface area (Å²) in [5, 5.41) is 0. The molecule has 0 nitrogen and oxygen atoms in total. The van der Waals surface area contributed by atoms with Gasteiger partial charge in [0.1, 0.15) is 5.82 Å². The van der Waals surface area contributed by atoms with E-state index in [1.54, 1.807) is 12.1 Å². The molecule has 0 heterocycles. The minimum absolute atomic E-state index is 0.101. The largest absolute Gasteiger partial charge is 0.207 e. The Morgan fingerprint density at radius 1 is 1.31 bits per heavy atom. The van der Waals surface area contributed by atoms with Gasteiger partial charge in [-0.15, -0.1) is 0 Å². The van der Waals surface area contributed by atoms with Crippen molar-refractivity contribution in [3.63, 3.8) is 0 Å². The van der Waals surface area contributed by atoms with Crippen molar-refractivity contribution in [2.45, 2.75) is 38.5 Å². The van der Waals surface area contributed by atoms with E-state index in [9.17, 15) is 4.39 Å². The predicted octanol–water partition coefficient (Wildman–Crippen LogP) is 3.44. The highest BCUT2D eigenvalue weighted by Crippen LogP contribution is 2.36. The molecule has 1 aliphatic rings. The summed E-state index contributed by atoms with van der Waals surface area (Å²) < 4.78 is 12.9. The molecule has 0 amide bonds. The number of rotatable bonds is 0. The summed E-state index contributed by atoms with van der Waals surface area (Å²) in [7, 11) is 0. The van der Waals surface area contributed by atoms with Gasteiger partial charge in [0, 0.05) is 0 Å². The third-order valence-corrected chi connectivity index (χ3v) is 3.04.